The van der Waals surface area contributed by atoms with E-state index in [0.717, 1.165) is 39.9 Å². The number of hydrogen-bond acceptors (Lipinski definition) is 3. The van der Waals surface area contributed by atoms with Crippen LogP contribution >= 0.6 is 0 Å². The van der Waals surface area contributed by atoms with Crippen LogP contribution in [-0.2, 0) is 5.41 Å². The van der Waals surface area contributed by atoms with Crippen LogP contribution < -0.4 is 0 Å². The third-order valence-electron chi connectivity index (χ3n) is 4.99. The second-order valence-corrected chi connectivity index (χ2v) is 7.03. The first-order valence-corrected chi connectivity index (χ1v) is 8.71. The maximum absolute atomic E-state index is 4.99. The Morgan fingerprint density at radius 1 is 0.840 bits per heavy atom. The first-order valence-electron chi connectivity index (χ1n) is 8.71. The molecule has 0 fully saturated rings. The highest BCUT2D eigenvalue weighted by atomic mass is 14.9. The van der Waals surface area contributed by atoms with Crippen molar-refractivity contribution in [2.45, 2.75) is 32.6 Å². The third kappa shape index (κ3) is 2.66. The quantitative estimate of drug-likeness (QED) is 0.464. The molecule has 2 aromatic carbocycles. The molecule has 4 aromatic rings. The van der Waals surface area contributed by atoms with E-state index in [-0.39, 0.29) is 5.41 Å². The van der Waals surface area contributed by atoms with Crippen LogP contribution in [-0.4, -0.2) is 15.0 Å². The van der Waals surface area contributed by atoms with E-state index in [0.29, 0.717) is 0 Å². The van der Waals surface area contributed by atoms with E-state index in [2.05, 4.69) is 62.2 Å². The first kappa shape index (κ1) is 15.7. The summed E-state index contributed by atoms with van der Waals surface area (Å²) in [5, 5.41) is 3.40. The van der Waals surface area contributed by atoms with Gasteiger partial charge in [0.1, 0.15) is 11.5 Å². The summed E-state index contributed by atoms with van der Waals surface area (Å²) in [6.07, 6.45) is 2.79. The molecule has 4 rings (SSSR count). The maximum Gasteiger partial charge on any atom is 0.135 e. The van der Waals surface area contributed by atoms with Crippen molar-refractivity contribution in [2.75, 3.05) is 0 Å². The van der Waals surface area contributed by atoms with Crippen LogP contribution in [0.15, 0.2) is 60.8 Å². The SMILES string of the molecule is CCC(C)(C)c1nc(-c2ccccn2)c2ccc3ccccc3c2n1. The van der Waals surface area contributed by atoms with Gasteiger partial charge in [-0.2, -0.15) is 0 Å². The molecule has 0 radical (unpaired) electrons. The predicted molar refractivity (Wildman–Crippen MR) is 104 cm³/mol. The van der Waals surface area contributed by atoms with Crippen molar-refractivity contribution >= 4 is 21.7 Å². The minimum absolute atomic E-state index is 0.0886. The highest BCUT2D eigenvalue weighted by Crippen LogP contribution is 2.33. The molecule has 3 nitrogen and oxygen atoms in total. The molecule has 124 valence electrons. The van der Waals surface area contributed by atoms with Crippen LogP contribution in [0.3, 0.4) is 0 Å². The Morgan fingerprint density at radius 3 is 2.40 bits per heavy atom. The molecule has 0 bridgehead atoms. The molecule has 0 saturated carbocycles. The average molecular weight is 327 g/mol. The topological polar surface area (TPSA) is 38.7 Å². The van der Waals surface area contributed by atoms with E-state index in [1.807, 2.05) is 24.4 Å². The van der Waals surface area contributed by atoms with Gasteiger partial charge in [-0.3, -0.25) is 4.98 Å². The molecule has 2 heterocycles. The molecule has 0 amide bonds. The molecule has 0 aliphatic rings. The van der Waals surface area contributed by atoms with E-state index >= 15 is 0 Å². The van der Waals surface area contributed by atoms with Crippen LogP contribution in [0.5, 0.6) is 0 Å². The molecule has 0 unspecified atom stereocenters. The summed E-state index contributed by atoms with van der Waals surface area (Å²) in [6, 6.07) is 18.6. The van der Waals surface area contributed by atoms with Gasteiger partial charge in [-0.1, -0.05) is 57.2 Å². The predicted octanol–water partition coefficient (Wildman–Crippen LogP) is 5.53. The van der Waals surface area contributed by atoms with Crippen molar-refractivity contribution in [3.63, 3.8) is 0 Å². The van der Waals surface area contributed by atoms with Gasteiger partial charge in [-0.05, 0) is 30.0 Å². The van der Waals surface area contributed by atoms with Crippen LogP contribution in [0.25, 0.3) is 33.1 Å². The molecule has 0 atom stereocenters. The van der Waals surface area contributed by atoms with Crippen molar-refractivity contribution in [1.82, 2.24) is 15.0 Å². The van der Waals surface area contributed by atoms with Gasteiger partial charge >= 0.3 is 0 Å². The van der Waals surface area contributed by atoms with Gasteiger partial charge < -0.3 is 0 Å². The van der Waals surface area contributed by atoms with Gasteiger partial charge in [0.2, 0.25) is 0 Å². The van der Waals surface area contributed by atoms with Crippen molar-refractivity contribution in [1.29, 1.82) is 0 Å². The Balaban J connectivity index is 2.14. The van der Waals surface area contributed by atoms with Gasteiger partial charge in [0.15, 0.2) is 0 Å². The zero-order valence-electron chi connectivity index (χ0n) is 14.8. The Labute approximate surface area is 147 Å². The largest absolute Gasteiger partial charge is 0.255 e. The molecule has 25 heavy (non-hydrogen) atoms. The number of benzene rings is 2. The molecule has 0 saturated heterocycles. The van der Waals surface area contributed by atoms with Crippen LogP contribution in [0.4, 0.5) is 0 Å². The normalized spacial score (nSPS) is 12.0. The van der Waals surface area contributed by atoms with Gasteiger partial charge in [0, 0.05) is 22.4 Å². The molecule has 0 spiro atoms. The van der Waals surface area contributed by atoms with E-state index in [1.54, 1.807) is 0 Å². The van der Waals surface area contributed by atoms with Crippen molar-refractivity contribution in [3.05, 3.63) is 66.6 Å². The Hall–Kier alpha value is -2.81. The van der Waals surface area contributed by atoms with Crippen LogP contribution in [0.1, 0.15) is 33.0 Å². The lowest BCUT2D eigenvalue weighted by Crippen LogP contribution is -2.20. The minimum atomic E-state index is -0.0886. The van der Waals surface area contributed by atoms with Gasteiger partial charge in [0.25, 0.3) is 0 Å². The molecule has 0 aliphatic carbocycles. The number of fused-ring (bicyclic) bond motifs is 3. The fourth-order valence-electron chi connectivity index (χ4n) is 3.02. The average Bonchev–Trinajstić information content (AvgIpc) is 2.67. The number of aromatic nitrogens is 3. The Bertz CT molecular complexity index is 1050. The minimum Gasteiger partial charge on any atom is -0.255 e. The van der Waals surface area contributed by atoms with E-state index in [9.17, 15) is 0 Å². The Kier molecular flexibility index (Phi) is 3.72. The van der Waals surface area contributed by atoms with Crippen molar-refractivity contribution in [2.24, 2.45) is 0 Å². The molecule has 0 aliphatic heterocycles. The van der Waals surface area contributed by atoms with Crippen LogP contribution in [0, 0.1) is 0 Å². The monoisotopic (exact) mass is 327 g/mol. The summed E-state index contributed by atoms with van der Waals surface area (Å²) in [5.41, 5.74) is 2.71. The summed E-state index contributed by atoms with van der Waals surface area (Å²) >= 11 is 0. The molecule has 3 heteroatoms. The highest BCUT2D eigenvalue weighted by Gasteiger charge is 2.24. The van der Waals surface area contributed by atoms with E-state index in [4.69, 9.17) is 9.97 Å². The number of pyridine rings is 1. The summed E-state index contributed by atoms with van der Waals surface area (Å²) in [7, 11) is 0. The first-order chi connectivity index (χ1) is 12.1. The summed E-state index contributed by atoms with van der Waals surface area (Å²) < 4.78 is 0. The second kappa shape index (κ2) is 5.92. The summed E-state index contributed by atoms with van der Waals surface area (Å²) in [5.74, 6) is 0.875. The molecule has 0 N–H and O–H groups in total. The fraction of sp³-hybridized carbons (Fsp3) is 0.227. The molecular weight excluding hydrogens is 306 g/mol. The molecular formula is C22H21N3. The molecule has 2 aromatic heterocycles. The summed E-state index contributed by atoms with van der Waals surface area (Å²) in [4.78, 5) is 14.5. The summed E-state index contributed by atoms with van der Waals surface area (Å²) in [6.45, 7) is 6.57. The van der Waals surface area contributed by atoms with Crippen molar-refractivity contribution < 1.29 is 0 Å². The van der Waals surface area contributed by atoms with Gasteiger partial charge in [-0.15, -0.1) is 0 Å². The number of hydrogen-bond donors (Lipinski definition) is 0. The van der Waals surface area contributed by atoms with Crippen molar-refractivity contribution in [3.8, 4) is 11.4 Å². The van der Waals surface area contributed by atoms with Gasteiger partial charge in [0.05, 0.1) is 11.2 Å². The zero-order valence-corrected chi connectivity index (χ0v) is 14.8. The fourth-order valence-corrected chi connectivity index (χ4v) is 3.02. The second-order valence-electron chi connectivity index (χ2n) is 7.03. The zero-order chi connectivity index (χ0) is 17.4. The van der Waals surface area contributed by atoms with E-state index in [1.165, 1.54) is 5.39 Å². The smallest absolute Gasteiger partial charge is 0.135 e. The Morgan fingerprint density at radius 2 is 1.64 bits per heavy atom. The van der Waals surface area contributed by atoms with Crippen LogP contribution in [0.2, 0.25) is 0 Å². The lowest BCUT2D eigenvalue weighted by atomic mass is 9.88. The number of nitrogens with zero attached hydrogens (tertiary/aromatic N) is 3. The van der Waals surface area contributed by atoms with E-state index < -0.39 is 0 Å². The maximum atomic E-state index is 4.99. The lowest BCUT2D eigenvalue weighted by Gasteiger charge is -2.22. The highest BCUT2D eigenvalue weighted by molar-refractivity contribution is 6.08. The lowest BCUT2D eigenvalue weighted by molar-refractivity contribution is 0.475. The van der Waals surface area contributed by atoms with Gasteiger partial charge in [-0.25, -0.2) is 9.97 Å². The standard InChI is InChI=1S/C22H21N3/c1-4-22(2,3)21-24-19-16-10-6-5-9-15(16)12-13-17(19)20(25-21)18-11-7-8-14-23-18/h5-14H,4H2,1-3H3. The number of rotatable bonds is 3. The third-order valence-corrected chi connectivity index (χ3v) is 4.99.